The Morgan fingerprint density at radius 2 is 1.42 bits per heavy atom. The van der Waals surface area contributed by atoms with Crippen LogP contribution in [0.15, 0.2) is 60.9 Å². The molecular formula is C67H99F2N9O20. The number of aromatic nitrogens is 3. The molecule has 10 unspecified atom stereocenters. The van der Waals surface area contributed by atoms with Gasteiger partial charge in [-0.05, 0) is 88.0 Å². The average Bonchev–Trinajstić information content (AvgIpc) is 1.07. The first kappa shape index (κ1) is 76.4. The summed E-state index contributed by atoms with van der Waals surface area (Å²) in [5.41, 5.74) is 7.18. The van der Waals surface area contributed by atoms with E-state index in [1.165, 1.54) is 67.3 Å². The van der Waals surface area contributed by atoms with Crippen molar-refractivity contribution in [1.82, 2.24) is 42.0 Å². The van der Waals surface area contributed by atoms with Gasteiger partial charge in [-0.2, -0.15) is 0 Å². The number of aliphatic hydroxyl groups excluding tert-OH is 9. The number of aliphatic hydroxyl groups is 9. The van der Waals surface area contributed by atoms with Gasteiger partial charge < -0.3 is 112 Å². The molecule has 0 radical (unpaired) electrons. The Kier molecular flexibility index (Phi) is 27.0. The molecule has 0 bridgehead atoms. The summed E-state index contributed by atoms with van der Waals surface area (Å²) in [4.78, 5) is 58.2. The molecule has 31 heteroatoms. The van der Waals surface area contributed by atoms with Crippen molar-refractivity contribution in [1.29, 1.82) is 0 Å². The first-order valence-corrected chi connectivity index (χ1v) is 34.1. The van der Waals surface area contributed by atoms with Gasteiger partial charge in [0.2, 0.25) is 11.8 Å². The molecular weight excluding hydrogens is 1290 g/mol. The molecule has 546 valence electrons. The highest BCUT2D eigenvalue weighted by molar-refractivity contribution is 5.82. The fourth-order valence-electron chi connectivity index (χ4n) is 14.7. The van der Waals surface area contributed by atoms with Crippen LogP contribution >= 0.6 is 0 Å². The van der Waals surface area contributed by atoms with E-state index in [1.54, 1.807) is 17.0 Å². The SMILES string of the molecule is CCC1CC(C(=O)CCCNC(=O)[C@H]2CC(n3cc(-c4cccc(F)c4)nn3)C(O)[C@H](O[C@@H]3OC(CO)[C@H](O)C(N/C=C(\N)c4cccc(F)c4)[C@H]3O)C2)C[C@@H](O[C@@H]2OC(CO)[C@H](O)[C@H](O[C@@H](CC3CCCCC3)C(=O)N3CCC3)C2NC(C)=O)[C@@H]1O[C@@H]1OC(C)[C@@H](O)[C@H](O)C1O.N. The van der Waals surface area contributed by atoms with Crippen molar-refractivity contribution in [2.45, 2.75) is 239 Å². The van der Waals surface area contributed by atoms with Crippen molar-refractivity contribution in [2.75, 3.05) is 32.8 Å². The molecule has 0 spiro atoms. The lowest BCUT2D eigenvalue weighted by Gasteiger charge is -2.49. The number of benzene rings is 2. The van der Waals surface area contributed by atoms with Crippen molar-refractivity contribution in [3.8, 4) is 11.3 Å². The predicted molar refractivity (Wildman–Crippen MR) is 343 cm³/mol. The monoisotopic (exact) mass is 1390 g/mol. The van der Waals surface area contributed by atoms with E-state index in [2.05, 4.69) is 26.3 Å². The summed E-state index contributed by atoms with van der Waals surface area (Å²) in [5.74, 6) is -4.69. The number of carbonyl (C=O) groups excluding carboxylic acids is 4. The first-order chi connectivity index (χ1) is 46.5. The molecule has 24 atom stereocenters. The Labute approximate surface area is 567 Å². The molecule has 4 saturated heterocycles. The highest BCUT2D eigenvalue weighted by Crippen LogP contribution is 2.42. The Hall–Kier alpha value is -5.82. The van der Waals surface area contributed by atoms with Crippen LogP contribution in [0.1, 0.15) is 122 Å². The number of carbonyl (C=O) groups is 4. The van der Waals surface area contributed by atoms with Crippen molar-refractivity contribution in [3.05, 3.63) is 78.1 Å². The van der Waals surface area contributed by atoms with Gasteiger partial charge in [-0.3, -0.25) is 19.2 Å². The van der Waals surface area contributed by atoms with Gasteiger partial charge in [-0.25, -0.2) is 13.5 Å². The molecule has 98 heavy (non-hydrogen) atoms. The van der Waals surface area contributed by atoms with Crippen LogP contribution in [0.25, 0.3) is 17.0 Å². The second kappa shape index (κ2) is 34.7. The van der Waals surface area contributed by atoms with Crippen LogP contribution in [0, 0.1) is 35.3 Å². The fourth-order valence-corrected chi connectivity index (χ4v) is 14.7. The number of Topliss-reactive ketones (excluding diaryl/α,β-unsaturated/α-hetero) is 1. The third-order valence-corrected chi connectivity index (χ3v) is 20.4. The van der Waals surface area contributed by atoms with Gasteiger partial charge in [0, 0.05) is 62.1 Å². The summed E-state index contributed by atoms with van der Waals surface area (Å²) in [6.07, 6.45) is -16.2. The summed E-state index contributed by atoms with van der Waals surface area (Å²) in [7, 11) is 0. The molecule has 3 aromatic rings. The van der Waals surface area contributed by atoms with E-state index in [4.69, 9.17) is 38.9 Å². The van der Waals surface area contributed by atoms with Crippen LogP contribution in [-0.4, -0.2) is 245 Å². The zero-order valence-corrected chi connectivity index (χ0v) is 55.5. The van der Waals surface area contributed by atoms with Gasteiger partial charge in [0.25, 0.3) is 5.91 Å². The number of ketones is 1. The molecule has 4 aliphatic heterocycles. The Balaban J connectivity index is 0.0000112. The van der Waals surface area contributed by atoms with E-state index >= 15 is 0 Å². The smallest absolute Gasteiger partial charge is 0.251 e. The highest BCUT2D eigenvalue weighted by Gasteiger charge is 2.54. The van der Waals surface area contributed by atoms with Gasteiger partial charge in [-0.15, -0.1) is 5.10 Å². The van der Waals surface area contributed by atoms with Crippen LogP contribution in [0.5, 0.6) is 0 Å². The van der Waals surface area contributed by atoms with Crippen LogP contribution in [0.3, 0.4) is 0 Å². The predicted octanol–water partition coefficient (Wildman–Crippen LogP) is 0.476. The maximum atomic E-state index is 14.7. The van der Waals surface area contributed by atoms with Crippen molar-refractivity contribution in [2.24, 2.45) is 29.4 Å². The molecule has 7 aliphatic rings. The molecule has 3 saturated carbocycles. The van der Waals surface area contributed by atoms with E-state index < -0.39 is 183 Å². The van der Waals surface area contributed by atoms with Crippen molar-refractivity contribution < 1.29 is 107 Å². The molecule has 10 rings (SSSR count). The quantitative estimate of drug-likeness (QED) is 0.0486. The van der Waals surface area contributed by atoms with Gasteiger partial charge in [0.1, 0.15) is 96.3 Å². The van der Waals surface area contributed by atoms with Crippen LogP contribution in [-0.2, 0) is 52.3 Å². The Morgan fingerprint density at radius 3 is 2.09 bits per heavy atom. The average molecular weight is 1390 g/mol. The standard InChI is InChI=1S/C67H96F2N8O20.H3N/c1-4-36-23-39(27-48(61(36)97-67-60(88)59(87)54(82)33(2)91-67)94-65-53(73-34(3)80)62(57(85)51(32-79)95-65)92-49(64(90)76-20-11-21-76)22-35-12-6-5-7-13-35)46(81)18-10-19-71-63(89)40-26-45(77-30-44(74-75-77)38-15-9-17-42(69)25-38)55(83)47(28-40)93-66-58(86)52(56(84)50(31-78)96-66)72-29-43(70)37-14-8-16-41(68)24-37;/h8-9,14-17,24-25,29-30,33,35-36,39-40,45,47-62,65-67,72,78-79,82-88H,4-7,10-13,18-23,26-28,31-32,70H2,1-3H3,(H,71,89)(H,73,80);1H3/b43-29-;/t33?,36?,39?,40-,45?,47+,48+,49-,50?,51?,52?,53?,54+,55?,56-,57-,58+,59-,60?,61+,62+,65+,66+,67-;/m0./s1. The first-order valence-electron chi connectivity index (χ1n) is 34.1. The van der Waals surface area contributed by atoms with Gasteiger partial charge in [0.05, 0.1) is 61.6 Å². The molecule has 5 heterocycles. The van der Waals surface area contributed by atoms with E-state index in [0.717, 1.165) is 38.5 Å². The molecule has 17 N–H and O–H groups in total. The van der Waals surface area contributed by atoms with Crippen LogP contribution in [0.2, 0.25) is 0 Å². The summed E-state index contributed by atoms with van der Waals surface area (Å²) < 4.78 is 74.4. The van der Waals surface area contributed by atoms with E-state index in [0.29, 0.717) is 31.5 Å². The molecule has 1 aromatic heterocycles. The molecule has 3 aliphatic carbocycles. The number of rotatable bonds is 26. The summed E-state index contributed by atoms with van der Waals surface area (Å²) in [5, 5.41) is 118. The lowest BCUT2D eigenvalue weighted by atomic mass is 9.74. The molecule has 7 fully saturated rings. The number of amides is 3. The van der Waals surface area contributed by atoms with Gasteiger partial charge in [0.15, 0.2) is 18.9 Å². The largest absolute Gasteiger partial charge is 0.397 e. The lowest BCUT2D eigenvalue weighted by Crippen LogP contribution is -2.67. The number of ether oxygens (including phenoxy) is 7. The van der Waals surface area contributed by atoms with Gasteiger partial charge >= 0.3 is 0 Å². The lowest BCUT2D eigenvalue weighted by molar-refractivity contribution is -0.338. The zero-order valence-electron chi connectivity index (χ0n) is 55.5. The summed E-state index contributed by atoms with van der Waals surface area (Å²) >= 11 is 0. The number of nitrogens with one attached hydrogen (secondary N) is 3. The number of nitrogens with zero attached hydrogens (tertiary/aromatic N) is 4. The fraction of sp³-hybridized carbons (Fsp3) is 0.701. The molecule has 2 aromatic carbocycles. The topological polar surface area (TPSA) is 446 Å². The minimum Gasteiger partial charge on any atom is -0.397 e. The minimum absolute atomic E-state index is 0. The van der Waals surface area contributed by atoms with Crippen LogP contribution in [0.4, 0.5) is 8.78 Å². The summed E-state index contributed by atoms with van der Waals surface area (Å²) in [6, 6.07) is 7.38. The zero-order chi connectivity index (χ0) is 69.4. The number of likely N-dealkylation sites (tertiary alicyclic amines) is 1. The van der Waals surface area contributed by atoms with E-state index in [1.807, 2.05) is 6.92 Å². The number of halogens is 2. The maximum Gasteiger partial charge on any atom is 0.251 e. The van der Waals surface area contributed by atoms with E-state index in [-0.39, 0.29) is 85.8 Å². The van der Waals surface area contributed by atoms with Gasteiger partial charge in [-0.1, -0.05) is 74.9 Å². The van der Waals surface area contributed by atoms with Crippen molar-refractivity contribution >= 4 is 29.2 Å². The second-order valence-electron chi connectivity index (χ2n) is 27.1. The second-order valence-corrected chi connectivity index (χ2v) is 27.1. The number of hydrogen-bond acceptors (Lipinski definition) is 25. The third-order valence-electron chi connectivity index (χ3n) is 20.4. The minimum atomic E-state index is -1.73. The number of nitrogens with two attached hydrogens (primary N) is 1. The number of hydrogen-bond donors (Lipinski definition) is 14. The third kappa shape index (κ3) is 18.1. The van der Waals surface area contributed by atoms with Crippen LogP contribution < -0.4 is 27.8 Å². The van der Waals surface area contributed by atoms with E-state index in [9.17, 15) is 73.9 Å². The Morgan fingerprint density at radius 1 is 0.745 bits per heavy atom. The maximum absolute atomic E-state index is 14.7. The highest BCUT2D eigenvalue weighted by atomic mass is 19.1. The molecule has 29 nitrogen and oxygen atoms in total. The Bertz CT molecular complexity index is 3130. The molecule has 3 amide bonds. The van der Waals surface area contributed by atoms with Crippen molar-refractivity contribution in [3.63, 3.8) is 0 Å². The normalized spacial score (nSPS) is 35.9. The summed E-state index contributed by atoms with van der Waals surface area (Å²) in [6.45, 7) is 4.19.